The van der Waals surface area contributed by atoms with E-state index in [2.05, 4.69) is 10.6 Å². The summed E-state index contributed by atoms with van der Waals surface area (Å²) in [4.78, 5) is 34.0. The molecule has 0 unspecified atom stereocenters. The van der Waals surface area contributed by atoms with Crippen molar-refractivity contribution < 1.29 is 14.4 Å². The maximum absolute atomic E-state index is 11.7. The van der Waals surface area contributed by atoms with Crippen LogP contribution in [0, 0.1) is 0 Å². The Morgan fingerprint density at radius 2 is 1.84 bits per heavy atom. The van der Waals surface area contributed by atoms with Crippen molar-refractivity contribution in [2.75, 3.05) is 5.32 Å². The first kappa shape index (κ1) is 14.7. The van der Waals surface area contributed by atoms with Gasteiger partial charge in [-0.05, 0) is 32.9 Å². The van der Waals surface area contributed by atoms with E-state index in [1.54, 1.807) is 24.3 Å². The second kappa shape index (κ2) is 5.51. The Morgan fingerprint density at radius 1 is 1.21 bits per heavy atom. The minimum Gasteiger partial charge on any atom is -0.368 e. The average molecular weight is 263 g/mol. The van der Waals surface area contributed by atoms with E-state index in [-0.39, 0.29) is 5.78 Å². The maximum atomic E-state index is 11.7. The lowest BCUT2D eigenvalue weighted by molar-refractivity contribution is -0.122. The lowest BCUT2D eigenvalue weighted by atomic mass is 10.1. The fourth-order valence-corrected chi connectivity index (χ4v) is 1.32. The normalized spacial score (nSPS) is 10.7. The smallest absolute Gasteiger partial charge is 0.320 e. The fourth-order valence-electron chi connectivity index (χ4n) is 1.32. The molecule has 4 N–H and O–H groups in total. The number of hydrogen-bond donors (Lipinski definition) is 3. The summed E-state index contributed by atoms with van der Waals surface area (Å²) in [6.45, 7) is 4.44. The summed E-state index contributed by atoms with van der Waals surface area (Å²) in [6.07, 6.45) is 0. The number of amides is 3. The summed E-state index contributed by atoms with van der Waals surface area (Å²) in [5.41, 5.74) is 4.96. The first-order valence-corrected chi connectivity index (χ1v) is 5.72. The lowest BCUT2D eigenvalue weighted by Gasteiger charge is -2.22. The second-order valence-electron chi connectivity index (χ2n) is 4.71. The first-order chi connectivity index (χ1) is 8.72. The van der Waals surface area contributed by atoms with Crippen molar-refractivity contribution >= 4 is 23.4 Å². The van der Waals surface area contributed by atoms with Crippen molar-refractivity contribution in [3.05, 3.63) is 29.8 Å². The van der Waals surface area contributed by atoms with Crippen molar-refractivity contribution in [3.8, 4) is 0 Å². The standard InChI is InChI=1S/C13H17N3O3/c1-8(17)9-5-4-6-10(7-9)15-12(19)16-13(2,3)11(14)18/h4-7H,1-3H3,(H2,14,18)(H2,15,16,19). The monoisotopic (exact) mass is 263 g/mol. The summed E-state index contributed by atoms with van der Waals surface area (Å²) < 4.78 is 0. The van der Waals surface area contributed by atoms with Gasteiger partial charge in [0.05, 0.1) is 0 Å². The van der Waals surface area contributed by atoms with Gasteiger partial charge in [0.25, 0.3) is 0 Å². The Hall–Kier alpha value is -2.37. The Bertz CT molecular complexity index is 524. The zero-order valence-corrected chi connectivity index (χ0v) is 11.1. The molecule has 1 aromatic carbocycles. The van der Waals surface area contributed by atoms with Gasteiger partial charge in [0.15, 0.2) is 5.78 Å². The van der Waals surface area contributed by atoms with Crippen LogP contribution < -0.4 is 16.4 Å². The second-order valence-corrected chi connectivity index (χ2v) is 4.71. The third-order valence-corrected chi connectivity index (χ3v) is 2.57. The first-order valence-electron chi connectivity index (χ1n) is 5.72. The van der Waals surface area contributed by atoms with Crippen LogP contribution in [0.1, 0.15) is 31.1 Å². The fraction of sp³-hybridized carbons (Fsp3) is 0.308. The Kier molecular flexibility index (Phi) is 4.26. The summed E-state index contributed by atoms with van der Waals surface area (Å²) >= 11 is 0. The average Bonchev–Trinajstić information content (AvgIpc) is 2.28. The molecule has 0 aliphatic rings. The number of primary amides is 1. The number of carbonyl (C=O) groups is 3. The molecule has 0 spiro atoms. The molecular weight excluding hydrogens is 246 g/mol. The van der Waals surface area contributed by atoms with Crippen LogP contribution in [0.25, 0.3) is 0 Å². The molecular formula is C13H17N3O3. The summed E-state index contributed by atoms with van der Waals surface area (Å²) in [6, 6.07) is 5.94. The number of nitrogens with one attached hydrogen (secondary N) is 2. The number of rotatable bonds is 4. The number of carbonyl (C=O) groups excluding carboxylic acids is 3. The molecule has 0 aliphatic carbocycles. The van der Waals surface area contributed by atoms with Gasteiger partial charge < -0.3 is 16.4 Å². The minimum absolute atomic E-state index is 0.0958. The van der Waals surface area contributed by atoms with E-state index < -0.39 is 17.5 Å². The quantitative estimate of drug-likeness (QED) is 0.713. The highest BCUT2D eigenvalue weighted by Gasteiger charge is 2.26. The number of urea groups is 1. The van der Waals surface area contributed by atoms with Crippen LogP contribution in [-0.2, 0) is 4.79 Å². The number of Topliss-reactive ketones (excluding diaryl/α,β-unsaturated/α-hetero) is 1. The van der Waals surface area contributed by atoms with Gasteiger partial charge in [-0.1, -0.05) is 12.1 Å². The van der Waals surface area contributed by atoms with Crippen molar-refractivity contribution in [3.63, 3.8) is 0 Å². The van der Waals surface area contributed by atoms with Crippen LogP contribution in [-0.4, -0.2) is 23.3 Å². The SMILES string of the molecule is CC(=O)c1cccc(NC(=O)NC(C)(C)C(N)=O)c1. The number of nitrogens with two attached hydrogens (primary N) is 1. The van der Waals surface area contributed by atoms with E-state index in [9.17, 15) is 14.4 Å². The molecule has 19 heavy (non-hydrogen) atoms. The topological polar surface area (TPSA) is 101 Å². The Labute approximate surface area is 111 Å². The molecule has 0 fully saturated rings. The third kappa shape index (κ3) is 4.09. The molecule has 0 heterocycles. The maximum Gasteiger partial charge on any atom is 0.320 e. The van der Waals surface area contributed by atoms with Gasteiger partial charge in [-0.25, -0.2) is 4.79 Å². The molecule has 0 bridgehead atoms. The van der Waals surface area contributed by atoms with Crippen LogP contribution in [0.15, 0.2) is 24.3 Å². The van der Waals surface area contributed by atoms with Crippen molar-refractivity contribution in [2.24, 2.45) is 5.73 Å². The molecule has 1 aromatic rings. The molecule has 0 aromatic heterocycles. The van der Waals surface area contributed by atoms with Crippen LogP contribution in [0.4, 0.5) is 10.5 Å². The molecule has 0 atom stereocenters. The number of benzene rings is 1. The van der Waals surface area contributed by atoms with Crippen LogP contribution in [0.5, 0.6) is 0 Å². The number of anilines is 1. The van der Waals surface area contributed by atoms with E-state index in [0.717, 1.165) is 0 Å². The summed E-state index contributed by atoms with van der Waals surface area (Å²) in [5, 5.41) is 4.98. The van der Waals surface area contributed by atoms with E-state index in [0.29, 0.717) is 11.3 Å². The zero-order valence-electron chi connectivity index (χ0n) is 11.1. The number of ketones is 1. The Balaban J connectivity index is 2.75. The van der Waals surface area contributed by atoms with Gasteiger partial charge in [0.2, 0.25) is 5.91 Å². The van der Waals surface area contributed by atoms with Crippen LogP contribution >= 0.6 is 0 Å². The summed E-state index contributed by atoms with van der Waals surface area (Å²) in [5.74, 6) is -0.735. The van der Waals surface area contributed by atoms with Crippen LogP contribution in [0.3, 0.4) is 0 Å². The van der Waals surface area contributed by atoms with E-state index in [1.807, 2.05) is 0 Å². The lowest BCUT2D eigenvalue weighted by Crippen LogP contribution is -2.54. The molecule has 1 rings (SSSR count). The molecule has 0 aliphatic heterocycles. The predicted octanol–water partition coefficient (Wildman–Crippen LogP) is 1.27. The number of hydrogen-bond acceptors (Lipinski definition) is 3. The van der Waals surface area contributed by atoms with E-state index in [4.69, 9.17) is 5.73 Å². The summed E-state index contributed by atoms with van der Waals surface area (Å²) in [7, 11) is 0. The molecule has 0 radical (unpaired) electrons. The largest absolute Gasteiger partial charge is 0.368 e. The molecule has 3 amide bonds. The van der Waals surface area contributed by atoms with Gasteiger partial charge >= 0.3 is 6.03 Å². The van der Waals surface area contributed by atoms with Gasteiger partial charge in [-0.15, -0.1) is 0 Å². The van der Waals surface area contributed by atoms with E-state index >= 15 is 0 Å². The molecule has 6 heteroatoms. The van der Waals surface area contributed by atoms with Crippen molar-refractivity contribution in [1.29, 1.82) is 0 Å². The highest BCUT2D eigenvalue weighted by Crippen LogP contribution is 2.11. The van der Waals surface area contributed by atoms with Crippen molar-refractivity contribution in [1.82, 2.24) is 5.32 Å². The van der Waals surface area contributed by atoms with Gasteiger partial charge in [-0.2, -0.15) is 0 Å². The van der Waals surface area contributed by atoms with Crippen LogP contribution in [0.2, 0.25) is 0 Å². The molecule has 6 nitrogen and oxygen atoms in total. The van der Waals surface area contributed by atoms with Gasteiger partial charge in [0, 0.05) is 11.3 Å². The highest BCUT2D eigenvalue weighted by atomic mass is 16.2. The molecule has 0 saturated heterocycles. The van der Waals surface area contributed by atoms with Crippen molar-refractivity contribution in [2.45, 2.75) is 26.3 Å². The zero-order chi connectivity index (χ0) is 14.6. The third-order valence-electron chi connectivity index (χ3n) is 2.57. The highest BCUT2D eigenvalue weighted by molar-refractivity contribution is 5.98. The minimum atomic E-state index is -1.15. The molecule has 102 valence electrons. The van der Waals surface area contributed by atoms with E-state index in [1.165, 1.54) is 20.8 Å². The Morgan fingerprint density at radius 3 is 2.37 bits per heavy atom. The van der Waals surface area contributed by atoms with Gasteiger partial charge in [0.1, 0.15) is 5.54 Å². The van der Waals surface area contributed by atoms with Gasteiger partial charge in [-0.3, -0.25) is 9.59 Å². The predicted molar refractivity (Wildman–Crippen MR) is 71.9 cm³/mol. The molecule has 0 saturated carbocycles.